The van der Waals surface area contributed by atoms with Crippen LogP contribution in [0.5, 0.6) is 0 Å². The van der Waals surface area contributed by atoms with Crippen molar-refractivity contribution in [2.75, 3.05) is 0 Å². The zero-order valence-corrected chi connectivity index (χ0v) is 10.6. The Labute approximate surface area is 104 Å². The number of hydrogen-bond acceptors (Lipinski definition) is 2. The van der Waals surface area contributed by atoms with E-state index in [4.69, 9.17) is 10.8 Å². The normalized spacial score (nSPS) is 12.4. The molecular formula is C12H16BrNO2. The Morgan fingerprint density at radius 2 is 1.94 bits per heavy atom. The van der Waals surface area contributed by atoms with Crippen LogP contribution in [0.4, 0.5) is 0 Å². The van der Waals surface area contributed by atoms with Crippen LogP contribution in [-0.2, 0) is 4.79 Å². The molecule has 1 unspecified atom stereocenters. The summed E-state index contributed by atoms with van der Waals surface area (Å²) in [6, 6.07) is 7.92. The van der Waals surface area contributed by atoms with E-state index in [0.29, 0.717) is 6.42 Å². The number of halogens is 1. The van der Waals surface area contributed by atoms with Gasteiger partial charge in [-0.15, -0.1) is 0 Å². The number of hydrogen-bond donors (Lipinski definition) is 2. The zero-order chi connectivity index (χ0) is 12.0. The first-order valence-corrected chi connectivity index (χ1v) is 6.11. The average Bonchev–Trinajstić information content (AvgIpc) is 2.25. The second-order valence-electron chi connectivity index (χ2n) is 3.80. The van der Waals surface area contributed by atoms with Crippen LogP contribution in [-0.4, -0.2) is 11.1 Å². The standard InChI is InChI=1S/C12H16BrNO2/c13-10-7-5-9(6-8-10)11(14)3-1-2-4-12(15)16/h5-8,11H,1-4,14H2,(H,15,16). The zero-order valence-electron chi connectivity index (χ0n) is 9.03. The molecule has 0 amide bonds. The molecule has 0 saturated carbocycles. The summed E-state index contributed by atoms with van der Waals surface area (Å²) < 4.78 is 1.04. The van der Waals surface area contributed by atoms with Crippen molar-refractivity contribution in [3.63, 3.8) is 0 Å². The lowest BCUT2D eigenvalue weighted by Crippen LogP contribution is -2.10. The number of carboxylic acid groups (broad SMARTS) is 1. The number of unbranched alkanes of at least 4 members (excludes halogenated alkanes) is 1. The van der Waals surface area contributed by atoms with E-state index < -0.39 is 5.97 Å². The van der Waals surface area contributed by atoms with Crippen molar-refractivity contribution in [2.45, 2.75) is 31.7 Å². The molecular weight excluding hydrogens is 270 g/mol. The van der Waals surface area contributed by atoms with Gasteiger partial charge in [0, 0.05) is 16.9 Å². The lowest BCUT2D eigenvalue weighted by molar-refractivity contribution is -0.137. The molecule has 0 bridgehead atoms. The molecule has 0 saturated heterocycles. The first kappa shape index (κ1) is 13.2. The molecule has 0 radical (unpaired) electrons. The molecule has 0 aliphatic heterocycles. The molecule has 1 atom stereocenters. The molecule has 0 heterocycles. The van der Waals surface area contributed by atoms with Crippen LogP contribution in [0, 0.1) is 0 Å². The molecule has 3 N–H and O–H groups in total. The van der Waals surface area contributed by atoms with Gasteiger partial charge in [-0.1, -0.05) is 34.5 Å². The van der Waals surface area contributed by atoms with Crippen LogP contribution in [0.25, 0.3) is 0 Å². The molecule has 3 nitrogen and oxygen atoms in total. The Balaban J connectivity index is 2.32. The quantitative estimate of drug-likeness (QED) is 0.790. The minimum absolute atomic E-state index is 0.00175. The number of benzene rings is 1. The number of carbonyl (C=O) groups is 1. The van der Waals surface area contributed by atoms with Gasteiger partial charge in [-0.3, -0.25) is 4.79 Å². The van der Waals surface area contributed by atoms with Crippen LogP contribution < -0.4 is 5.73 Å². The minimum Gasteiger partial charge on any atom is -0.481 e. The number of aliphatic carboxylic acids is 1. The third-order valence-corrected chi connectivity index (χ3v) is 2.98. The van der Waals surface area contributed by atoms with Crippen molar-refractivity contribution in [1.29, 1.82) is 0 Å². The van der Waals surface area contributed by atoms with Gasteiger partial charge in [-0.25, -0.2) is 0 Å². The molecule has 0 aromatic heterocycles. The fraction of sp³-hybridized carbons (Fsp3) is 0.417. The van der Waals surface area contributed by atoms with E-state index in [-0.39, 0.29) is 12.5 Å². The first-order chi connectivity index (χ1) is 7.59. The Bertz CT molecular complexity index is 337. The number of nitrogens with two attached hydrogens (primary N) is 1. The molecule has 1 aromatic carbocycles. The van der Waals surface area contributed by atoms with Gasteiger partial charge in [-0.05, 0) is 30.5 Å². The van der Waals surface area contributed by atoms with Gasteiger partial charge < -0.3 is 10.8 Å². The summed E-state index contributed by atoms with van der Waals surface area (Å²) in [4.78, 5) is 10.3. The molecule has 1 aromatic rings. The predicted octanol–water partition coefficient (Wildman–Crippen LogP) is 3.09. The van der Waals surface area contributed by atoms with E-state index in [0.717, 1.165) is 22.9 Å². The molecule has 88 valence electrons. The van der Waals surface area contributed by atoms with E-state index in [1.54, 1.807) is 0 Å². The fourth-order valence-corrected chi connectivity index (χ4v) is 1.78. The largest absolute Gasteiger partial charge is 0.481 e. The molecule has 0 aliphatic rings. The Hall–Kier alpha value is -0.870. The first-order valence-electron chi connectivity index (χ1n) is 5.32. The molecule has 4 heteroatoms. The second-order valence-corrected chi connectivity index (χ2v) is 4.71. The minimum atomic E-state index is -0.739. The van der Waals surface area contributed by atoms with Crippen LogP contribution in [0.2, 0.25) is 0 Å². The van der Waals surface area contributed by atoms with Crippen molar-refractivity contribution >= 4 is 21.9 Å². The van der Waals surface area contributed by atoms with Crippen LogP contribution >= 0.6 is 15.9 Å². The Kier molecular flexibility index (Phi) is 5.49. The summed E-state index contributed by atoms with van der Waals surface area (Å²) >= 11 is 3.37. The predicted molar refractivity (Wildman–Crippen MR) is 67.2 cm³/mol. The van der Waals surface area contributed by atoms with Gasteiger partial charge in [-0.2, -0.15) is 0 Å². The highest BCUT2D eigenvalue weighted by Crippen LogP contribution is 2.19. The van der Waals surface area contributed by atoms with Crippen LogP contribution in [0.3, 0.4) is 0 Å². The van der Waals surface area contributed by atoms with Gasteiger partial charge in [0.1, 0.15) is 0 Å². The SMILES string of the molecule is NC(CCCCC(=O)O)c1ccc(Br)cc1. The van der Waals surface area contributed by atoms with E-state index in [9.17, 15) is 4.79 Å². The van der Waals surface area contributed by atoms with Crippen molar-refractivity contribution < 1.29 is 9.90 Å². The molecule has 0 aliphatic carbocycles. The topological polar surface area (TPSA) is 63.3 Å². The summed E-state index contributed by atoms with van der Waals surface area (Å²) in [6.07, 6.45) is 2.60. The molecule has 0 fully saturated rings. The summed E-state index contributed by atoms with van der Waals surface area (Å²) in [6.45, 7) is 0. The molecule has 16 heavy (non-hydrogen) atoms. The maximum absolute atomic E-state index is 10.3. The highest BCUT2D eigenvalue weighted by Gasteiger charge is 2.06. The number of rotatable bonds is 6. The van der Waals surface area contributed by atoms with Gasteiger partial charge >= 0.3 is 5.97 Å². The van der Waals surface area contributed by atoms with Crippen molar-refractivity contribution in [3.8, 4) is 0 Å². The van der Waals surface area contributed by atoms with Gasteiger partial charge in [0.05, 0.1) is 0 Å². The summed E-state index contributed by atoms with van der Waals surface area (Å²) in [7, 11) is 0. The Morgan fingerprint density at radius 3 is 2.50 bits per heavy atom. The van der Waals surface area contributed by atoms with Gasteiger partial charge in [0.2, 0.25) is 0 Å². The Morgan fingerprint density at radius 1 is 1.31 bits per heavy atom. The van der Waals surface area contributed by atoms with Crippen LogP contribution in [0.15, 0.2) is 28.7 Å². The van der Waals surface area contributed by atoms with E-state index in [1.807, 2.05) is 24.3 Å². The van der Waals surface area contributed by atoms with Crippen molar-refractivity contribution in [2.24, 2.45) is 5.73 Å². The fourth-order valence-electron chi connectivity index (χ4n) is 1.52. The summed E-state index contributed by atoms with van der Waals surface area (Å²) in [5.74, 6) is -0.739. The van der Waals surface area contributed by atoms with Gasteiger partial charge in [0.15, 0.2) is 0 Å². The lowest BCUT2D eigenvalue weighted by Gasteiger charge is -2.11. The average molecular weight is 286 g/mol. The highest BCUT2D eigenvalue weighted by molar-refractivity contribution is 9.10. The van der Waals surface area contributed by atoms with E-state index in [1.165, 1.54) is 0 Å². The second kappa shape index (κ2) is 6.66. The third-order valence-electron chi connectivity index (χ3n) is 2.45. The highest BCUT2D eigenvalue weighted by atomic mass is 79.9. The van der Waals surface area contributed by atoms with E-state index in [2.05, 4.69) is 15.9 Å². The third kappa shape index (κ3) is 4.77. The lowest BCUT2D eigenvalue weighted by atomic mass is 10.0. The van der Waals surface area contributed by atoms with Crippen LogP contribution in [0.1, 0.15) is 37.3 Å². The maximum Gasteiger partial charge on any atom is 0.303 e. The monoisotopic (exact) mass is 285 g/mol. The smallest absolute Gasteiger partial charge is 0.303 e. The maximum atomic E-state index is 10.3. The van der Waals surface area contributed by atoms with Gasteiger partial charge in [0.25, 0.3) is 0 Å². The summed E-state index contributed by atoms with van der Waals surface area (Å²) in [5, 5.41) is 8.49. The number of carboxylic acids is 1. The molecule has 1 rings (SSSR count). The van der Waals surface area contributed by atoms with Crippen molar-refractivity contribution in [1.82, 2.24) is 0 Å². The van der Waals surface area contributed by atoms with Crippen molar-refractivity contribution in [3.05, 3.63) is 34.3 Å². The molecule has 0 spiro atoms. The van der Waals surface area contributed by atoms with E-state index >= 15 is 0 Å². The summed E-state index contributed by atoms with van der Waals surface area (Å²) in [5.41, 5.74) is 7.10.